The lowest BCUT2D eigenvalue weighted by Crippen LogP contribution is -2.25. The summed E-state index contributed by atoms with van der Waals surface area (Å²) in [6.45, 7) is 4.22. The van der Waals surface area contributed by atoms with E-state index in [1.807, 2.05) is 31.3 Å². The van der Waals surface area contributed by atoms with Gasteiger partial charge < -0.3 is 18.8 Å². The van der Waals surface area contributed by atoms with Crippen molar-refractivity contribution in [2.24, 2.45) is 0 Å². The second kappa shape index (κ2) is 6.27. The average molecular weight is 278 g/mol. The van der Waals surface area contributed by atoms with Gasteiger partial charge in [-0.25, -0.2) is 4.79 Å². The van der Waals surface area contributed by atoms with Crippen molar-refractivity contribution in [3.63, 3.8) is 0 Å². The Hall–Kier alpha value is -2.24. The number of carbonyl (C=O) groups excluding carboxylic acids is 1. The first kappa shape index (κ1) is 14.2. The van der Waals surface area contributed by atoms with E-state index in [4.69, 9.17) is 13.9 Å². The second-order valence-corrected chi connectivity index (χ2v) is 4.65. The van der Waals surface area contributed by atoms with Crippen molar-refractivity contribution in [3.05, 3.63) is 24.3 Å². The van der Waals surface area contributed by atoms with E-state index in [9.17, 15) is 4.79 Å². The fraction of sp³-hybridized carbons (Fsp3) is 0.429. The first-order valence-corrected chi connectivity index (χ1v) is 6.46. The van der Waals surface area contributed by atoms with Gasteiger partial charge in [-0.1, -0.05) is 12.1 Å². The summed E-state index contributed by atoms with van der Waals surface area (Å²) >= 11 is 0. The highest BCUT2D eigenvalue weighted by atomic mass is 16.7. The SMILES string of the molecule is CC(C)OC(=O)OCCN(C)c1nc2ccccc2o1. The summed E-state index contributed by atoms with van der Waals surface area (Å²) in [5, 5.41) is 0. The van der Waals surface area contributed by atoms with Crippen molar-refractivity contribution in [1.29, 1.82) is 0 Å². The van der Waals surface area contributed by atoms with Gasteiger partial charge in [-0.3, -0.25) is 0 Å². The van der Waals surface area contributed by atoms with E-state index in [-0.39, 0.29) is 12.7 Å². The van der Waals surface area contributed by atoms with E-state index in [1.54, 1.807) is 18.7 Å². The number of oxazole rings is 1. The summed E-state index contributed by atoms with van der Waals surface area (Å²) < 4.78 is 15.4. The molecule has 2 aromatic rings. The Labute approximate surface area is 117 Å². The number of benzene rings is 1. The van der Waals surface area contributed by atoms with Crippen LogP contribution >= 0.6 is 0 Å². The monoisotopic (exact) mass is 278 g/mol. The van der Waals surface area contributed by atoms with E-state index >= 15 is 0 Å². The highest BCUT2D eigenvalue weighted by molar-refractivity contribution is 5.74. The number of hydrogen-bond acceptors (Lipinski definition) is 6. The standard InChI is InChI=1S/C14H18N2O4/c1-10(2)19-14(17)18-9-8-16(3)13-15-11-6-4-5-7-12(11)20-13/h4-7,10H,8-9H2,1-3H3. The molecule has 0 aliphatic heterocycles. The molecule has 0 saturated carbocycles. The summed E-state index contributed by atoms with van der Waals surface area (Å²) in [6.07, 6.45) is -0.844. The summed E-state index contributed by atoms with van der Waals surface area (Å²) in [5.74, 6) is 0. The summed E-state index contributed by atoms with van der Waals surface area (Å²) in [4.78, 5) is 17.3. The number of anilines is 1. The maximum atomic E-state index is 11.2. The molecular weight excluding hydrogens is 260 g/mol. The Bertz CT molecular complexity index is 546. The van der Waals surface area contributed by atoms with Gasteiger partial charge in [-0.05, 0) is 26.0 Å². The van der Waals surface area contributed by atoms with Crippen molar-refractivity contribution in [1.82, 2.24) is 4.98 Å². The number of hydrogen-bond donors (Lipinski definition) is 0. The van der Waals surface area contributed by atoms with E-state index in [0.29, 0.717) is 12.6 Å². The van der Waals surface area contributed by atoms with E-state index in [0.717, 1.165) is 11.1 Å². The molecular formula is C14H18N2O4. The fourth-order valence-corrected chi connectivity index (χ4v) is 1.61. The molecule has 0 spiro atoms. The molecule has 0 radical (unpaired) electrons. The minimum absolute atomic E-state index is 0.183. The third-order valence-electron chi connectivity index (χ3n) is 2.59. The van der Waals surface area contributed by atoms with Crippen LogP contribution in [0, 0.1) is 0 Å². The lowest BCUT2D eigenvalue weighted by molar-refractivity contribution is 0.0362. The van der Waals surface area contributed by atoms with Crippen molar-refractivity contribution in [3.8, 4) is 0 Å². The van der Waals surface area contributed by atoms with Crippen LogP contribution in [0.2, 0.25) is 0 Å². The maximum absolute atomic E-state index is 11.2. The topological polar surface area (TPSA) is 64.8 Å². The first-order chi connectivity index (χ1) is 9.56. The molecule has 0 aliphatic rings. The molecule has 0 N–H and O–H groups in total. The Morgan fingerprint density at radius 2 is 2.15 bits per heavy atom. The summed E-state index contributed by atoms with van der Waals surface area (Å²) in [5.41, 5.74) is 1.53. The Morgan fingerprint density at radius 1 is 1.40 bits per heavy atom. The van der Waals surface area contributed by atoms with Crippen molar-refractivity contribution >= 4 is 23.3 Å². The lowest BCUT2D eigenvalue weighted by Gasteiger charge is -2.14. The van der Waals surface area contributed by atoms with Gasteiger partial charge in [0.05, 0.1) is 12.6 Å². The molecule has 0 bridgehead atoms. The summed E-state index contributed by atoms with van der Waals surface area (Å²) in [7, 11) is 1.82. The molecule has 20 heavy (non-hydrogen) atoms. The number of nitrogens with zero attached hydrogens (tertiary/aromatic N) is 2. The van der Waals surface area contributed by atoms with Crippen LogP contribution in [0.4, 0.5) is 10.8 Å². The molecule has 1 aromatic carbocycles. The number of rotatable bonds is 5. The van der Waals surface area contributed by atoms with E-state index in [1.165, 1.54) is 0 Å². The summed E-state index contributed by atoms with van der Waals surface area (Å²) in [6, 6.07) is 8.03. The zero-order valence-corrected chi connectivity index (χ0v) is 11.8. The number of likely N-dealkylation sites (N-methyl/N-ethyl adjacent to an activating group) is 1. The third-order valence-corrected chi connectivity index (χ3v) is 2.59. The van der Waals surface area contributed by atoms with Crippen LogP contribution in [-0.2, 0) is 9.47 Å². The highest BCUT2D eigenvalue weighted by Crippen LogP contribution is 2.20. The van der Waals surface area contributed by atoms with Crippen LogP contribution < -0.4 is 4.90 Å². The molecule has 1 aromatic heterocycles. The molecule has 2 rings (SSSR count). The molecule has 108 valence electrons. The van der Waals surface area contributed by atoms with Crippen molar-refractivity contribution in [2.45, 2.75) is 20.0 Å². The maximum Gasteiger partial charge on any atom is 0.508 e. The lowest BCUT2D eigenvalue weighted by atomic mass is 10.3. The molecule has 0 atom stereocenters. The number of para-hydroxylation sites is 2. The van der Waals surface area contributed by atoms with Crippen molar-refractivity contribution < 1.29 is 18.7 Å². The number of aromatic nitrogens is 1. The second-order valence-electron chi connectivity index (χ2n) is 4.65. The minimum atomic E-state index is -0.661. The third kappa shape index (κ3) is 3.63. The Balaban J connectivity index is 1.85. The minimum Gasteiger partial charge on any atom is -0.432 e. The van der Waals surface area contributed by atoms with Crippen LogP contribution in [0.15, 0.2) is 28.7 Å². The average Bonchev–Trinajstić information content (AvgIpc) is 2.81. The molecule has 0 saturated heterocycles. The normalized spacial score (nSPS) is 10.8. The van der Waals surface area contributed by atoms with Gasteiger partial charge in [-0.15, -0.1) is 0 Å². The van der Waals surface area contributed by atoms with Gasteiger partial charge in [0.2, 0.25) is 0 Å². The van der Waals surface area contributed by atoms with Gasteiger partial charge in [-0.2, -0.15) is 4.98 Å². The fourth-order valence-electron chi connectivity index (χ4n) is 1.61. The number of carbonyl (C=O) groups is 1. The molecule has 0 fully saturated rings. The Morgan fingerprint density at radius 3 is 2.85 bits per heavy atom. The van der Waals surface area contributed by atoms with Gasteiger partial charge in [0.25, 0.3) is 6.01 Å². The zero-order valence-electron chi connectivity index (χ0n) is 11.8. The molecule has 0 aliphatic carbocycles. The van der Waals surface area contributed by atoms with Gasteiger partial charge in [0, 0.05) is 7.05 Å². The number of fused-ring (bicyclic) bond motifs is 1. The van der Waals surface area contributed by atoms with Gasteiger partial charge >= 0.3 is 6.16 Å². The van der Waals surface area contributed by atoms with Crippen LogP contribution in [0.1, 0.15) is 13.8 Å². The molecule has 1 heterocycles. The predicted octanol–water partition coefficient (Wildman–Crippen LogP) is 2.83. The molecule has 0 amide bonds. The predicted molar refractivity (Wildman–Crippen MR) is 74.8 cm³/mol. The number of ether oxygens (including phenoxy) is 2. The van der Waals surface area contributed by atoms with Gasteiger partial charge in [0.1, 0.15) is 12.1 Å². The van der Waals surface area contributed by atoms with E-state index < -0.39 is 6.16 Å². The van der Waals surface area contributed by atoms with Gasteiger partial charge in [0.15, 0.2) is 5.58 Å². The highest BCUT2D eigenvalue weighted by Gasteiger charge is 2.11. The smallest absolute Gasteiger partial charge is 0.432 e. The quantitative estimate of drug-likeness (QED) is 0.784. The van der Waals surface area contributed by atoms with Crippen LogP contribution in [0.3, 0.4) is 0 Å². The zero-order chi connectivity index (χ0) is 14.5. The van der Waals surface area contributed by atoms with Crippen LogP contribution in [-0.4, -0.2) is 37.4 Å². The van der Waals surface area contributed by atoms with Crippen LogP contribution in [0.25, 0.3) is 11.1 Å². The molecule has 6 heteroatoms. The Kier molecular flexibility index (Phi) is 4.45. The largest absolute Gasteiger partial charge is 0.508 e. The first-order valence-electron chi connectivity index (χ1n) is 6.46. The molecule has 0 unspecified atom stereocenters. The van der Waals surface area contributed by atoms with Crippen LogP contribution in [0.5, 0.6) is 0 Å². The molecule has 6 nitrogen and oxygen atoms in total. The van der Waals surface area contributed by atoms with Crippen molar-refractivity contribution in [2.75, 3.05) is 25.1 Å². The van der Waals surface area contributed by atoms with E-state index in [2.05, 4.69) is 4.98 Å².